The molecule has 74 valence electrons. The van der Waals surface area contributed by atoms with E-state index in [9.17, 15) is 18.4 Å². The maximum Gasteiger partial charge on any atom is 0.373 e. The predicted octanol–water partition coefficient (Wildman–Crippen LogP) is 0.500. The number of cyclic esters (lactones) is 1. The van der Waals surface area contributed by atoms with Crippen molar-refractivity contribution in [3.05, 3.63) is 0 Å². The second-order valence-electron chi connectivity index (χ2n) is 2.58. The molecule has 1 aliphatic rings. The zero-order chi connectivity index (χ0) is 9.84. The fourth-order valence-corrected chi connectivity index (χ4v) is 0.938. The maximum atomic E-state index is 11.6. The minimum absolute atomic E-state index is 0.247. The van der Waals surface area contributed by atoms with Gasteiger partial charge in [-0.05, 0) is 6.42 Å². The lowest BCUT2D eigenvalue weighted by molar-refractivity contribution is -0.162. The summed E-state index contributed by atoms with van der Waals surface area (Å²) < 4.78 is 32.0. The molecule has 0 spiro atoms. The van der Waals surface area contributed by atoms with Gasteiger partial charge in [0.05, 0.1) is 0 Å². The third-order valence-electron chi connectivity index (χ3n) is 1.56. The zero-order valence-electron chi connectivity index (χ0n) is 6.66. The van der Waals surface area contributed by atoms with Crippen molar-refractivity contribution in [1.82, 2.24) is 0 Å². The summed E-state index contributed by atoms with van der Waals surface area (Å²) in [6.45, 7) is -0.283. The van der Waals surface area contributed by atoms with Crippen LogP contribution in [-0.2, 0) is 19.1 Å². The molecule has 6 heteroatoms. The largest absolute Gasteiger partial charge is 0.459 e. The van der Waals surface area contributed by atoms with Crippen molar-refractivity contribution in [1.29, 1.82) is 0 Å². The normalized spacial score (nSPS) is 21.8. The Balaban J connectivity index is 2.19. The first kappa shape index (κ1) is 9.88. The van der Waals surface area contributed by atoms with Gasteiger partial charge in [-0.1, -0.05) is 0 Å². The lowest BCUT2D eigenvalue weighted by atomic mass is 10.2. The summed E-state index contributed by atoms with van der Waals surface area (Å²) in [4.78, 5) is 20.8. The molecule has 0 bridgehead atoms. The highest BCUT2D eigenvalue weighted by Gasteiger charge is 2.26. The summed E-state index contributed by atoms with van der Waals surface area (Å²) in [5, 5.41) is 0. The molecule has 0 N–H and O–H groups in total. The molecule has 0 aromatic rings. The average molecular weight is 194 g/mol. The first-order valence-corrected chi connectivity index (χ1v) is 3.74. The molecular weight excluding hydrogens is 186 g/mol. The number of rotatable bonds is 3. The minimum atomic E-state index is -3.13. The van der Waals surface area contributed by atoms with E-state index in [4.69, 9.17) is 0 Å². The summed E-state index contributed by atoms with van der Waals surface area (Å²) in [5.41, 5.74) is 0. The van der Waals surface area contributed by atoms with Crippen molar-refractivity contribution >= 4 is 11.9 Å². The summed E-state index contributed by atoms with van der Waals surface area (Å²) >= 11 is 0. The molecule has 1 atom stereocenters. The molecule has 0 aromatic heterocycles. The number of carbonyl (C=O) groups is 2. The van der Waals surface area contributed by atoms with Gasteiger partial charge in [0, 0.05) is 6.42 Å². The molecule has 1 heterocycles. The van der Waals surface area contributed by atoms with Gasteiger partial charge in [0.15, 0.2) is 0 Å². The van der Waals surface area contributed by atoms with E-state index in [-0.39, 0.29) is 13.0 Å². The SMILES string of the molecule is O=C1CCC(COC(=O)C(F)F)O1. The molecule has 0 amide bonds. The Hall–Kier alpha value is -1.20. The zero-order valence-corrected chi connectivity index (χ0v) is 6.66. The highest BCUT2D eigenvalue weighted by Crippen LogP contribution is 2.14. The van der Waals surface area contributed by atoms with Gasteiger partial charge in [-0.15, -0.1) is 0 Å². The van der Waals surface area contributed by atoms with E-state index in [1.165, 1.54) is 0 Å². The molecule has 1 fully saturated rings. The second kappa shape index (κ2) is 4.15. The van der Waals surface area contributed by atoms with Gasteiger partial charge in [0.1, 0.15) is 12.7 Å². The third kappa shape index (κ3) is 2.96. The maximum absolute atomic E-state index is 11.6. The van der Waals surface area contributed by atoms with Crippen molar-refractivity contribution in [3.8, 4) is 0 Å². The topological polar surface area (TPSA) is 52.6 Å². The molecule has 1 aliphatic heterocycles. The average Bonchev–Trinajstić information content (AvgIpc) is 2.47. The van der Waals surface area contributed by atoms with Gasteiger partial charge < -0.3 is 9.47 Å². The fraction of sp³-hybridized carbons (Fsp3) is 0.714. The van der Waals surface area contributed by atoms with Gasteiger partial charge in [-0.3, -0.25) is 4.79 Å². The quantitative estimate of drug-likeness (QED) is 0.614. The molecule has 1 saturated heterocycles. The Kier molecular flexibility index (Phi) is 3.16. The van der Waals surface area contributed by atoms with Crippen LogP contribution < -0.4 is 0 Å². The number of hydrogen-bond donors (Lipinski definition) is 0. The lowest BCUT2D eigenvalue weighted by Crippen LogP contribution is -2.22. The monoisotopic (exact) mass is 194 g/mol. The standard InChI is InChI=1S/C7H8F2O4/c8-6(9)7(11)12-3-4-1-2-5(10)13-4/h4,6H,1-3H2. The van der Waals surface area contributed by atoms with E-state index in [2.05, 4.69) is 9.47 Å². The van der Waals surface area contributed by atoms with Crippen LogP contribution in [0.2, 0.25) is 0 Å². The smallest absolute Gasteiger partial charge is 0.373 e. The van der Waals surface area contributed by atoms with Crippen LogP contribution in [-0.4, -0.2) is 31.1 Å². The Morgan fingerprint density at radius 2 is 2.38 bits per heavy atom. The van der Waals surface area contributed by atoms with Crippen LogP contribution in [0.3, 0.4) is 0 Å². The van der Waals surface area contributed by atoms with Gasteiger partial charge in [-0.2, -0.15) is 8.78 Å². The van der Waals surface area contributed by atoms with E-state index in [1.54, 1.807) is 0 Å². The molecule has 1 rings (SSSR count). The number of halogens is 2. The van der Waals surface area contributed by atoms with Crippen LogP contribution in [0.5, 0.6) is 0 Å². The first-order valence-electron chi connectivity index (χ1n) is 3.74. The van der Waals surface area contributed by atoms with E-state index >= 15 is 0 Å². The van der Waals surface area contributed by atoms with Gasteiger partial charge in [0.25, 0.3) is 0 Å². The Morgan fingerprint density at radius 3 is 2.85 bits per heavy atom. The number of carbonyl (C=O) groups excluding carboxylic acids is 2. The van der Waals surface area contributed by atoms with Crippen molar-refractivity contribution in [2.75, 3.05) is 6.61 Å². The van der Waals surface area contributed by atoms with Crippen molar-refractivity contribution in [2.45, 2.75) is 25.4 Å². The molecular formula is C7H8F2O4. The highest BCUT2D eigenvalue weighted by molar-refractivity contribution is 5.73. The van der Waals surface area contributed by atoms with E-state index < -0.39 is 24.5 Å². The summed E-state index contributed by atoms with van der Waals surface area (Å²) in [6, 6.07) is 0. The second-order valence-corrected chi connectivity index (χ2v) is 2.58. The molecule has 1 unspecified atom stereocenters. The van der Waals surface area contributed by atoms with E-state index in [1.807, 2.05) is 0 Å². The van der Waals surface area contributed by atoms with Crippen LogP contribution in [0, 0.1) is 0 Å². The van der Waals surface area contributed by atoms with E-state index in [0.717, 1.165) is 0 Å². The number of esters is 2. The summed E-state index contributed by atoms with van der Waals surface area (Å²) in [5.74, 6) is -1.97. The first-order chi connectivity index (χ1) is 6.09. The number of ether oxygens (including phenoxy) is 2. The Labute approximate surface area is 72.8 Å². The number of alkyl halides is 2. The summed E-state index contributed by atoms with van der Waals surface area (Å²) in [7, 11) is 0. The molecule has 0 aromatic carbocycles. The lowest BCUT2D eigenvalue weighted by Gasteiger charge is -2.08. The van der Waals surface area contributed by atoms with Crippen LogP contribution >= 0.6 is 0 Å². The Bertz CT molecular complexity index is 217. The van der Waals surface area contributed by atoms with Crippen molar-refractivity contribution in [2.24, 2.45) is 0 Å². The van der Waals surface area contributed by atoms with Gasteiger partial charge in [0.2, 0.25) is 0 Å². The van der Waals surface area contributed by atoms with Crippen LogP contribution in [0.25, 0.3) is 0 Å². The fourth-order valence-electron chi connectivity index (χ4n) is 0.938. The van der Waals surface area contributed by atoms with Crippen LogP contribution in [0.15, 0.2) is 0 Å². The molecule has 0 radical (unpaired) electrons. The number of hydrogen-bond acceptors (Lipinski definition) is 4. The van der Waals surface area contributed by atoms with Crippen LogP contribution in [0.4, 0.5) is 8.78 Å². The molecule has 13 heavy (non-hydrogen) atoms. The van der Waals surface area contributed by atoms with Crippen molar-refractivity contribution < 1.29 is 27.8 Å². The molecule has 0 aliphatic carbocycles. The van der Waals surface area contributed by atoms with E-state index in [0.29, 0.717) is 6.42 Å². The van der Waals surface area contributed by atoms with Crippen LogP contribution in [0.1, 0.15) is 12.8 Å². The Morgan fingerprint density at radius 1 is 1.69 bits per heavy atom. The summed E-state index contributed by atoms with van der Waals surface area (Å²) in [6.07, 6.45) is -3.03. The predicted molar refractivity (Wildman–Crippen MR) is 36.1 cm³/mol. The van der Waals surface area contributed by atoms with Crippen molar-refractivity contribution in [3.63, 3.8) is 0 Å². The molecule has 0 saturated carbocycles. The van der Waals surface area contributed by atoms with Gasteiger partial charge in [-0.25, -0.2) is 4.79 Å². The minimum Gasteiger partial charge on any atom is -0.459 e. The van der Waals surface area contributed by atoms with Gasteiger partial charge >= 0.3 is 18.4 Å². The molecule has 4 nitrogen and oxygen atoms in total. The highest BCUT2D eigenvalue weighted by atomic mass is 19.3. The third-order valence-corrected chi connectivity index (χ3v) is 1.56.